The van der Waals surface area contributed by atoms with Crippen LogP contribution in [0.5, 0.6) is 0 Å². The molecule has 2 saturated heterocycles. The van der Waals surface area contributed by atoms with Crippen molar-refractivity contribution in [2.45, 2.75) is 223 Å². The van der Waals surface area contributed by atoms with Crippen LogP contribution in [0.15, 0.2) is 12.2 Å². The molecule has 3 heterocycles. The summed E-state index contributed by atoms with van der Waals surface area (Å²) in [6, 6.07) is 0. The van der Waals surface area contributed by atoms with Crippen LogP contribution in [0.2, 0.25) is 0 Å². The van der Waals surface area contributed by atoms with E-state index in [1.165, 1.54) is 38.5 Å². The third-order valence-corrected chi connectivity index (χ3v) is 14.7. The molecule has 404 valence electrons. The predicted octanol–water partition coefficient (Wildman–Crippen LogP) is 14.2. The highest BCUT2D eigenvalue weighted by Gasteiger charge is 2.36. The van der Waals surface area contributed by atoms with Gasteiger partial charge in [-0.2, -0.15) is 0 Å². The van der Waals surface area contributed by atoms with E-state index in [1.807, 2.05) is 54.5 Å². The van der Waals surface area contributed by atoms with Crippen LogP contribution in [0.4, 0.5) is 0 Å². The smallest absolute Gasteiger partial charge is 0.229 e. The number of amides is 3. The van der Waals surface area contributed by atoms with Crippen LogP contribution >= 0.6 is 0 Å². The number of carbonyl (C=O) groups excluding carboxylic acids is 6. The van der Waals surface area contributed by atoms with Gasteiger partial charge in [0.05, 0.1) is 0 Å². The lowest BCUT2D eigenvalue weighted by Gasteiger charge is -2.32. The lowest BCUT2D eigenvalue weighted by molar-refractivity contribution is -0.141. The molecule has 0 aromatic carbocycles. The molecule has 1 saturated carbocycles. The van der Waals surface area contributed by atoms with Crippen LogP contribution < -0.4 is 0 Å². The Labute approximate surface area is 427 Å². The molecule has 0 N–H and O–H groups in total. The first-order valence-corrected chi connectivity index (χ1v) is 27.8. The molecule has 4 aliphatic rings. The minimum absolute atomic E-state index is 0.109. The second kappa shape index (κ2) is 34.5. The summed E-state index contributed by atoms with van der Waals surface area (Å²) in [4.78, 5) is 75.2. The fraction of sp³-hybridized carbons (Fsp3) is 0.867. The maximum absolute atomic E-state index is 12.0. The molecule has 69 heavy (non-hydrogen) atoms. The van der Waals surface area contributed by atoms with Crippen molar-refractivity contribution in [1.82, 2.24) is 14.7 Å². The Balaban J connectivity index is 0. The molecule has 0 aromatic heterocycles. The second-order valence-corrected chi connectivity index (χ2v) is 25.1. The van der Waals surface area contributed by atoms with E-state index in [9.17, 15) is 28.8 Å². The maximum Gasteiger partial charge on any atom is 0.229 e. The molecule has 2 unspecified atom stereocenters. The Hall–Kier alpha value is -2.84. The molecule has 2 atom stereocenters. The van der Waals surface area contributed by atoms with E-state index in [1.54, 1.807) is 0 Å². The number of carbonyl (C=O) groups is 6. The van der Waals surface area contributed by atoms with Crippen molar-refractivity contribution in [3.05, 3.63) is 12.2 Å². The summed E-state index contributed by atoms with van der Waals surface area (Å²) in [5.74, 6) is 7.26. The highest BCUT2D eigenvalue weighted by molar-refractivity contribution is 5.85. The Morgan fingerprint density at radius 3 is 1.19 bits per heavy atom. The maximum atomic E-state index is 12.0. The standard InChI is InChI=1S/C11H19NO.C11H20O.C10H19NO.C10H20O.C9H17NO.C9H18O/c1-9(2)11(3,4)10(13)12-7-5-6-8-12;1-8(2)11(3,4)10(12)7-9-5-6-9;1-8(2)9(3)10(12)11-6-4-5-7-11;1-7(2)6-10(11)9(5)8(3)4;1-8(2)7-9(11)10-5-3-4-6-10;1-7(2)5-9(10)6-8(3)4/h5-6,9H,7-8H2,1-4H3;8-9H,5-7H2,1-4H3;8-9H,4-7H2,1-3H3;7-9H,6H2,1-5H3;8H,3-7H2,1-2H3;7-8H,5-6H2,1-4H3. The van der Waals surface area contributed by atoms with Gasteiger partial charge in [-0.15, -0.1) is 0 Å². The molecular formula is C60H113N3O6. The summed E-state index contributed by atoms with van der Waals surface area (Å²) in [5.41, 5.74) is -0.339. The van der Waals surface area contributed by atoms with Crippen molar-refractivity contribution >= 4 is 35.1 Å². The van der Waals surface area contributed by atoms with Gasteiger partial charge in [0.2, 0.25) is 17.7 Å². The molecule has 0 bridgehead atoms. The molecule has 3 fully saturated rings. The van der Waals surface area contributed by atoms with Crippen molar-refractivity contribution < 1.29 is 28.8 Å². The monoisotopic (exact) mass is 972 g/mol. The molecular weight excluding hydrogens is 859 g/mol. The fourth-order valence-electron chi connectivity index (χ4n) is 7.38. The van der Waals surface area contributed by atoms with Crippen LogP contribution in [-0.4, -0.2) is 89.0 Å². The Bertz CT molecular complexity index is 1460. The van der Waals surface area contributed by atoms with Crippen molar-refractivity contribution in [2.75, 3.05) is 39.3 Å². The van der Waals surface area contributed by atoms with Gasteiger partial charge in [-0.1, -0.05) is 164 Å². The molecule has 3 aliphatic heterocycles. The lowest BCUT2D eigenvalue weighted by atomic mass is 9.76. The molecule has 4 rings (SSSR count). The number of ketones is 3. The van der Waals surface area contributed by atoms with E-state index >= 15 is 0 Å². The van der Waals surface area contributed by atoms with E-state index in [-0.39, 0.29) is 28.6 Å². The van der Waals surface area contributed by atoms with Crippen LogP contribution in [0.3, 0.4) is 0 Å². The summed E-state index contributed by atoms with van der Waals surface area (Å²) in [6.07, 6.45) is 15.2. The third kappa shape index (κ3) is 30.0. The minimum Gasteiger partial charge on any atom is -0.343 e. The number of rotatable bonds is 18. The van der Waals surface area contributed by atoms with Crippen LogP contribution in [-0.2, 0) is 28.8 Å². The predicted molar refractivity (Wildman–Crippen MR) is 293 cm³/mol. The van der Waals surface area contributed by atoms with E-state index in [0.29, 0.717) is 76.5 Å². The lowest BCUT2D eigenvalue weighted by Crippen LogP contribution is -2.42. The number of hydrogen-bond acceptors (Lipinski definition) is 6. The van der Waals surface area contributed by atoms with Crippen LogP contribution in [0, 0.1) is 75.9 Å². The van der Waals surface area contributed by atoms with Gasteiger partial charge < -0.3 is 14.7 Å². The summed E-state index contributed by atoms with van der Waals surface area (Å²) in [7, 11) is 0. The fourth-order valence-corrected chi connectivity index (χ4v) is 7.38. The van der Waals surface area contributed by atoms with Crippen LogP contribution in [0.1, 0.15) is 223 Å². The zero-order chi connectivity index (χ0) is 54.0. The SMILES string of the molecule is CC(C)C(C)(C)C(=O)CC1CC1.CC(C)C(C)(C)C(=O)N1CC=CC1.CC(C)C(C)C(=O)N1CCCC1.CC(C)CC(=O)C(C)C(C)C.CC(C)CC(=O)CC(C)C.CC(C)CC(=O)N1CCCC1. The van der Waals surface area contributed by atoms with Gasteiger partial charge in [0.15, 0.2) is 0 Å². The molecule has 0 spiro atoms. The normalized spacial score (nSPS) is 16.6. The Kier molecular flexibility index (Phi) is 34.1. The zero-order valence-corrected chi connectivity index (χ0v) is 49.3. The Morgan fingerprint density at radius 2 is 0.855 bits per heavy atom. The van der Waals surface area contributed by atoms with Crippen molar-refractivity contribution in [1.29, 1.82) is 0 Å². The van der Waals surface area contributed by atoms with E-state index < -0.39 is 0 Å². The van der Waals surface area contributed by atoms with E-state index in [4.69, 9.17) is 0 Å². The molecule has 9 nitrogen and oxygen atoms in total. The quantitative estimate of drug-likeness (QED) is 0.126. The number of likely N-dealkylation sites (tertiary alicyclic amines) is 2. The average Bonchev–Trinajstić information content (AvgIpc) is 3.69. The van der Waals surface area contributed by atoms with Crippen molar-refractivity contribution in [3.8, 4) is 0 Å². The topological polar surface area (TPSA) is 112 Å². The van der Waals surface area contributed by atoms with Gasteiger partial charge in [-0.05, 0) is 91.8 Å². The first kappa shape index (κ1) is 68.2. The second-order valence-electron chi connectivity index (χ2n) is 25.1. The minimum atomic E-state index is -0.230. The van der Waals surface area contributed by atoms with Gasteiger partial charge in [0.1, 0.15) is 17.3 Å². The highest BCUT2D eigenvalue weighted by Crippen LogP contribution is 2.38. The van der Waals surface area contributed by atoms with Gasteiger partial charge in [0.25, 0.3) is 0 Å². The zero-order valence-electron chi connectivity index (χ0n) is 49.3. The van der Waals surface area contributed by atoms with E-state index in [0.717, 1.165) is 77.3 Å². The third-order valence-electron chi connectivity index (χ3n) is 14.7. The van der Waals surface area contributed by atoms with Gasteiger partial charge >= 0.3 is 0 Å². The summed E-state index contributed by atoms with van der Waals surface area (Å²) >= 11 is 0. The highest BCUT2D eigenvalue weighted by atomic mass is 16.2. The molecule has 0 radical (unpaired) electrons. The summed E-state index contributed by atoms with van der Waals surface area (Å²) in [6.45, 7) is 51.3. The molecule has 9 heteroatoms. The number of Topliss-reactive ketones (excluding diaryl/α,β-unsaturated/α-hetero) is 3. The first-order chi connectivity index (χ1) is 31.7. The van der Waals surface area contributed by atoms with Crippen LogP contribution in [0.25, 0.3) is 0 Å². The first-order valence-electron chi connectivity index (χ1n) is 27.8. The van der Waals surface area contributed by atoms with Gasteiger partial charge in [-0.3, -0.25) is 28.8 Å². The average molecular weight is 973 g/mol. The molecule has 1 aliphatic carbocycles. The van der Waals surface area contributed by atoms with Gasteiger partial charge in [-0.25, -0.2) is 0 Å². The van der Waals surface area contributed by atoms with Gasteiger partial charge in [0, 0.05) is 94.0 Å². The van der Waals surface area contributed by atoms with Crippen molar-refractivity contribution in [2.24, 2.45) is 75.9 Å². The molecule has 3 amide bonds. The summed E-state index contributed by atoms with van der Waals surface area (Å²) in [5, 5.41) is 0. The molecule has 0 aromatic rings. The summed E-state index contributed by atoms with van der Waals surface area (Å²) < 4.78 is 0. The Morgan fingerprint density at radius 1 is 0.478 bits per heavy atom. The van der Waals surface area contributed by atoms with Crippen molar-refractivity contribution in [3.63, 3.8) is 0 Å². The number of hydrogen-bond donors (Lipinski definition) is 0. The number of nitrogens with zero attached hydrogens (tertiary/aromatic N) is 3. The largest absolute Gasteiger partial charge is 0.343 e. The van der Waals surface area contributed by atoms with E-state index in [2.05, 4.69) is 125 Å².